The van der Waals surface area contributed by atoms with E-state index >= 15 is 0 Å². The van der Waals surface area contributed by atoms with Crippen LogP contribution in [0.1, 0.15) is 26.7 Å². The third-order valence-corrected chi connectivity index (χ3v) is 8.88. The molecule has 0 amide bonds. The van der Waals surface area contributed by atoms with E-state index in [0.29, 0.717) is 16.4 Å². The lowest BCUT2D eigenvalue weighted by Crippen LogP contribution is -2.42. The molecule has 116 valence electrons. The minimum absolute atomic E-state index is 0.102. The van der Waals surface area contributed by atoms with Gasteiger partial charge in [-0.15, -0.1) is 29.9 Å². The smallest absolute Gasteiger partial charge is 0.148 e. The van der Waals surface area contributed by atoms with Gasteiger partial charge in [0.25, 0.3) is 0 Å². The van der Waals surface area contributed by atoms with Gasteiger partial charge in [-0.1, -0.05) is 25.0 Å². The maximum absolute atomic E-state index is 10.7. The SMILES string of the molecule is C#C[C@](C)(O)[C@@H](O)[C@H]1[C@H]2CC=C[C@@H](C)[C@@]12C1SCCCS1. The fourth-order valence-corrected chi connectivity index (χ4v) is 8.24. The van der Waals surface area contributed by atoms with E-state index in [1.54, 1.807) is 6.92 Å². The number of hydrogen-bond acceptors (Lipinski definition) is 4. The van der Waals surface area contributed by atoms with Crippen LogP contribution in [0.4, 0.5) is 0 Å². The zero-order valence-electron chi connectivity index (χ0n) is 12.7. The molecular weight excluding hydrogens is 300 g/mol. The monoisotopic (exact) mass is 324 g/mol. The Kier molecular flexibility index (Phi) is 4.16. The molecule has 2 aliphatic carbocycles. The van der Waals surface area contributed by atoms with Crippen molar-refractivity contribution in [2.24, 2.45) is 23.2 Å². The molecule has 0 bridgehead atoms. The molecule has 1 heterocycles. The summed E-state index contributed by atoms with van der Waals surface area (Å²) < 4.78 is 0.518. The van der Waals surface area contributed by atoms with Crippen LogP contribution in [0.3, 0.4) is 0 Å². The Morgan fingerprint density at radius 1 is 1.43 bits per heavy atom. The summed E-state index contributed by atoms with van der Waals surface area (Å²) in [7, 11) is 0. The van der Waals surface area contributed by atoms with Gasteiger partial charge >= 0.3 is 0 Å². The van der Waals surface area contributed by atoms with Crippen LogP contribution in [-0.4, -0.2) is 38.0 Å². The third-order valence-electron chi connectivity index (χ3n) is 5.59. The molecule has 6 atom stereocenters. The maximum atomic E-state index is 10.7. The van der Waals surface area contributed by atoms with Crippen molar-refractivity contribution in [3.05, 3.63) is 12.2 Å². The fraction of sp³-hybridized carbons (Fsp3) is 0.765. The number of hydrogen-bond donors (Lipinski definition) is 2. The zero-order chi connectivity index (χ0) is 15.3. The van der Waals surface area contributed by atoms with Gasteiger partial charge in [-0.05, 0) is 43.1 Å². The van der Waals surface area contributed by atoms with E-state index in [0.717, 1.165) is 6.42 Å². The van der Waals surface area contributed by atoms with Crippen molar-refractivity contribution in [3.63, 3.8) is 0 Å². The van der Waals surface area contributed by atoms with Crippen LogP contribution in [0.2, 0.25) is 0 Å². The number of rotatable bonds is 3. The van der Waals surface area contributed by atoms with Gasteiger partial charge in [0, 0.05) is 11.3 Å². The van der Waals surface area contributed by atoms with E-state index in [2.05, 4.69) is 25.0 Å². The average molecular weight is 325 g/mol. The first kappa shape index (κ1) is 15.8. The summed E-state index contributed by atoms with van der Waals surface area (Å²) in [6, 6.07) is 0. The number of fused-ring (bicyclic) bond motifs is 1. The molecule has 0 aromatic heterocycles. The first-order valence-corrected chi connectivity index (χ1v) is 9.84. The highest BCUT2D eigenvalue weighted by Crippen LogP contribution is 2.74. The average Bonchev–Trinajstić information content (AvgIpc) is 3.19. The molecule has 1 saturated heterocycles. The normalized spacial score (nSPS) is 43.5. The lowest BCUT2D eigenvalue weighted by Gasteiger charge is -2.37. The van der Waals surface area contributed by atoms with Crippen LogP contribution in [0.5, 0.6) is 0 Å². The minimum atomic E-state index is -1.43. The molecule has 1 aliphatic heterocycles. The summed E-state index contributed by atoms with van der Waals surface area (Å²) in [5, 5.41) is 21.1. The van der Waals surface area contributed by atoms with E-state index in [4.69, 9.17) is 6.42 Å². The number of aliphatic hydroxyl groups excluding tert-OH is 1. The molecule has 3 aliphatic rings. The highest BCUT2D eigenvalue weighted by Gasteiger charge is 2.73. The van der Waals surface area contributed by atoms with E-state index in [1.807, 2.05) is 23.5 Å². The molecule has 0 aromatic carbocycles. The van der Waals surface area contributed by atoms with Crippen LogP contribution in [0.15, 0.2) is 12.2 Å². The van der Waals surface area contributed by atoms with Gasteiger partial charge in [0.05, 0.1) is 10.7 Å². The first-order chi connectivity index (χ1) is 9.96. The van der Waals surface area contributed by atoms with Gasteiger partial charge in [-0.3, -0.25) is 0 Å². The van der Waals surface area contributed by atoms with E-state index in [1.165, 1.54) is 17.9 Å². The van der Waals surface area contributed by atoms with Crippen molar-refractivity contribution >= 4 is 23.5 Å². The second kappa shape index (κ2) is 5.53. The zero-order valence-corrected chi connectivity index (χ0v) is 14.3. The van der Waals surface area contributed by atoms with Gasteiger partial charge in [0.1, 0.15) is 5.60 Å². The van der Waals surface area contributed by atoms with Crippen LogP contribution in [0.25, 0.3) is 0 Å². The summed E-state index contributed by atoms with van der Waals surface area (Å²) in [6.45, 7) is 3.82. The maximum Gasteiger partial charge on any atom is 0.148 e. The molecule has 0 unspecified atom stereocenters. The van der Waals surface area contributed by atoms with Gasteiger partial charge in [-0.25, -0.2) is 0 Å². The molecule has 0 radical (unpaired) electrons. The molecular formula is C17H24O2S2. The molecule has 1 saturated carbocycles. The minimum Gasteiger partial charge on any atom is -0.389 e. The second-order valence-electron chi connectivity index (χ2n) is 6.75. The van der Waals surface area contributed by atoms with E-state index in [9.17, 15) is 10.2 Å². The van der Waals surface area contributed by atoms with Gasteiger partial charge in [0.15, 0.2) is 0 Å². The Balaban J connectivity index is 1.91. The van der Waals surface area contributed by atoms with Crippen LogP contribution in [-0.2, 0) is 0 Å². The van der Waals surface area contributed by atoms with E-state index < -0.39 is 11.7 Å². The summed E-state index contributed by atoms with van der Waals surface area (Å²) in [5.74, 6) is 5.79. The Morgan fingerprint density at radius 3 is 2.71 bits per heavy atom. The number of thioether (sulfide) groups is 2. The molecule has 2 fully saturated rings. The van der Waals surface area contributed by atoms with Crippen molar-refractivity contribution in [3.8, 4) is 12.3 Å². The lowest BCUT2D eigenvalue weighted by molar-refractivity contribution is -0.0403. The topological polar surface area (TPSA) is 40.5 Å². The molecule has 2 N–H and O–H groups in total. The molecule has 21 heavy (non-hydrogen) atoms. The predicted molar refractivity (Wildman–Crippen MR) is 91.1 cm³/mol. The van der Waals surface area contributed by atoms with Crippen LogP contribution in [0, 0.1) is 35.5 Å². The summed E-state index contributed by atoms with van der Waals surface area (Å²) in [4.78, 5) is 0. The molecule has 3 rings (SSSR count). The Morgan fingerprint density at radius 2 is 2.10 bits per heavy atom. The van der Waals surface area contributed by atoms with Gasteiger partial charge < -0.3 is 10.2 Å². The van der Waals surface area contributed by atoms with Crippen LogP contribution < -0.4 is 0 Å². The Labute approximate surface area is 136 Å². The lowest BCUT2D eigenvalue weighted by atomic mass is 9.82. The van der Waals surface area contributed by atoms with Gasteiger partial charge in [0.2, 0.25) is 0 Å². The van der Waals surface area contributed by atoms with Crippen molar-refractivity contribution in [1.29, 1.82) is 0 Å². The third kappa shape index (κ3) is 2.28. The number of terminal acetylenes is 1. The van der Waals surface area contributed by atoms with Gasteiger partial charge in [-0.2, -0.15) is 0 Å². The molecule has 4 heteroatoms. The number of aliphatic hydroxyl groups is 2. The molecule has 0 aromatic rings. The van der Waals surface area contributed by atoms with E-state index in [-0.39, 0.29) is 11.3 Å². The largest absolute Gasteiger partial charge is 0.389 e. The predicted octanol–water partition coefficient (Wildman–Crippen LogP) is 2.76. The summed E-state index contributed by atoms with van der Waals surface area (Å²) in [5.41, 5.74) is -1.33. The highest BCUT2D eigenvalue weighted by atomic mass is 32.2. The van der Waals surface area contributed by atoms with Crippen molar-refractivity contribution in [1.82, 2.24) is 0 Å². The highest BCUT2D eigenvalue weighted by molar-refractivity contribution is 8.17. The summed E-state index contributed by atoms with van der Waals surface area (Å²) >= 11 is 4.08. The Bertz CT molecular complexity index is 476. The van der Waals surface area contributed by atoms with Crippen LogP contribution >= 0.6 is 23.5 Å². The number of allylic oxidation sites excluding steroid dienone is 2. The van der Waals surface area contributed by atoms with Crippen molar-refractivity contribution < 1.29 is 10.2 Å². The van der Waals surface area contributed by atoms with Crippen molar-refractivity contribution in [2.45, 2.75) is 43.0 Å². The fourth-order valence-electron chi connectivity index (χ4n) is 4.37. The first-order valence-electron chi connectivity index (χ1n) is 7.74. The molecule has 0 spiro atoms. The second-order valence-corrected chi connectivity index (χ2v) is 9.47. The summed E-state index contributed by atoms with van der Waals surface area (Å²) in [6.07, 6.45) is 11.4. The molecule has 2 nitrogen and oxygen atoms in total. The van der Waals surface area contributed by atoms with Crippen molar-refractivity contribution in [2.75, 3.05) is 11.5 Å². The standard InChI is InChI=1S/C17H24O2S2/c1-4-16(3,19)14(18)13-12-8-5-7-11(2)17(12,13)15-20-9-6-10-21-15/h1,5,7,11-15,18-19H,6,8-10H2,2-3H3/t11-,12-,13-,14+,16+,17+/m1/s1. The Hall–Kier alpha value is -0.0800. The quantitative estimate of drug-likeness (QED) is 0.619.